The van der Waals surface area contributed by atoms with Crippen LogP contribution < -0.4 is 0 Å². The summed E-state index contributed by atoms with van der Waals surface area (Å²) in [6, 6.07) is 10.8. The number of nitrogens with zero attached hydrogens (tertiary/aromatic N) is 1. The van der Waals surface area contributed by atoms with Gasteiger partial charge in [0, 0.05) is 23.3 Å². The van der Waals surface area contributed by atoms with Gasteiger partial charge in [-0.25, -0.2) is 4.79 Å². The topological polar surface area (TPSA) is 63.3 Å². The quantitative estimate of drug-likeness (QED) is 0.745. The summed E-state index contributed by atoms with van der Waals surface area (Å²) in [6.07, 6.45) is 3.44. The van der Waals surface area contributed by atoms with Crippen LogP contribution in [-0.4, -0.2) is 16.1 Å². The van der Waals surface area contributed by atoms with Crippen LogP contribution in [-0.2, 0) is 0 Å². The van der Waals surface area contributed by atoms with Crippen molar-refractivity contribution in [1.29, 1.82) is 0 Å². The molecule has 0 aliphatic heterocycles. The second-order valence-electron chi connectivity index (χ2n) is 3.88. The van der Waals surface area contributed by atoms with Crippen molar-refractivity contribution in [3.8, 4) is 11.3 Å². The summed E-state index contributed by atoms with van der Waals surface area (Å²) in [5, 5.41) is 10.8. The van der Waals surface area contributed by atoms with Crippen molar-refractivity contribution >= 4 is 16.7 Å². The van der Waals surface area contributed by atoms with Crippen LogP contribution in [0.1, 0.15) is 10.6 Å². The molecule has 1 N–H and O–H groups in total. The maximum absolute atomic E-state index is 10.8. The second-order valence-corrected chi connectivity index (χ2v) is 3.88. The molecule has 18 heavy (non-hydrogen) atoms. The van der Waals surface area contributed by atoms with E-state index in [9.17, 15) is 4.79 Å². The molecule has 88 valence electrons. The summed E-state index contributed by atoms with van der Waals surface area (Å²) in [4.78, 5) is 14.9. The Bertz CT molecular complexity index is 725. The standard InChI is InChI=1S/C14H9NO3/c16-14(17)13-6-5-12(18-13)11-8-15-7-9-3-1-2-4-10(9)11/h1-8H,(H,16,17). The van der Waals surface area contributed by atoms with Crippen LogP contribution >= 0.6 is 0 Å². The number of benzene rings is 1. The first-order valence-electron chi connectivity index (χ1n) is 5.42. The normalized spacial score (nSPS) is 10.7. The molecular formula is C14H9NO3. The zero-order chi connectivity index (χ0) is 12.5. The number of furan rings is 1. The van der Waals surface area contributed by atoms with Crippen LogP contribution in [0.4, 0.5) is 0 Å². The summed E-state index contributed by atoms with van der Waals surface area (Å²) in [7, 11) is 0. The third kappa shape index (κ3) is 1.64. The monoisotopic (exact) mass is 239 g/mol. The Balaban J connectivity index is 2.21. The van der Waals surface area contributed by atoms with E-state index in [2.05, 4.69) is 4.98 Å². The zero-order valence-corrected chi connectivity index (χ0v) is 9.33. The van der Waals surface area contributed by atoms with Crippen LogP contribution in [0, 0.1) is 0 Å². The fourth-order valence-electron chi connectivity index (χ4n) is 1.91. The molecule has 0 saturated heterocycles. The van der Waals surface area contributed by atoms with Crippen molar-refractivity contribution < 1.29 is 14.3 Å². The summed E-state index contributed by atoms with van der Waals surface area (Å²) in [6.45, 7) is 0. The summed E-state index contributed by atoms with van der Waals surface area (Å²) in [5.41, 5.74) is 0.792. The van der Waals surface area contributed by atoms with E-state index in [1.165, 1.54) is 6.07 Å². The fraction of sp³-hybridized carbons (Fsp3) is 0. The molecule has 0 saturated carbocycles. The molecule has 0 bridgehead atoms. The number of pyridine rings is 1. The van der Waals surface area contributed by atoms with Crippen molar-refractivity contribution in [3.63, 3.8) is 0 Å². The van der Waals surface area contributed by atoms with Crippen molar-refractivity contribution in [1.82, 2.24) is 4.98 Å². The van der Waals surface area contributed by atoms with E-state index in [-0.39, 0.29) is 5.76 Å². The van der Waals surface area contributed by atoms with E-state index < -0.39 is 5.97 Å². The number of rotatable bonds is 2. The molecule has 0 fully saturated rings. The Morgan fingerprint density at radius 3 is 2.72 bits per heavy atom. The number of carboxylic acids is 1. The van der Waals surface area contributed by atoms with Gasteiger partial charge in [0.1, 0.15) is 5.76 Å². The zero-order valence-electron chi connectivity index (χ0n) is 9.33. The molecule has 0 amide bonds. The van der Waals surface area contributed by atoms with Gasteiger partial charge in [-0.3, -0.25) is 4.98 Å². The molecule has 3 aromatic rings. The highest BCUT2D eigenvalue weighted by Gasteiger charge is 2.12. The average molecular weight is 239 g/mol. The number of aromatic nitrogens is 1. The van der Waals surface area contributed by atoms with Crippen LogP contribution in [0.25, 0.3) is 22.1 Å². The predicted molar refractivity (Wildman–Crippen MR) is 66.4 cm³/mol. The lowest BCUT2D eigenvalue weighted by molar-refractivity contribution is 0.0663. The third-order valence-corrected chi connectivity index (χ3v) is 2.75. The van der Waals surface area contributed by atoms with Gasteiger partial charge in [-0.2, -0.15) is 0 Å². The highest BCUT2D eigenvalue weighted by Crippen LogP contribution is 2.28. The van der Waals surface area contributed by atoms with Crippen molar-refractivity contribution in [2.24, 2.45) is 0 Å². The smallest absolute Gasteiger partial charge is 0.371 e. The maximum Gasteiger partial charge on any atom is 0.371 e. The predicted octanol–water partition coefficient (Wildman–Crippen LogP) is 3.19. The molecule has 2 heterocycles. The van der Waals surface area contributed by atoms with Gasteiger partial charge < -0.3 is 9.52 Å². The molecule has 3 rings (SSSR count). The Kier molecular flexibility index (Phi) is 2.34. The van der Waals surface area contributed by atoms with E-state index in [4.69, 9.17) is 9.52 Å². The van der Waals surface area contributed by atoms with Gasteiger partial charge in [-0.05, 0) is 17.5 Å². The lowest BCUT2D eigenvalue weighted by Crippen LogP contribution is -1.91. The molecule has 4 heteroatoms. The number of fused-ring (bicyclic) bond motifs is 1. The van der Waals surface area contributed by atoms with Gasteiger partial charge in [0.15, 0.2) is 0 Å². The summed E-state index contributed by atoms with van der Waals surface area (Å²) < 4.78 is 5.30. The van der Waals surface area contributed by atoms with Gasteiger partial charge >= 0.3 is 5.97 Å². The molecule has 0 atom stereocenters. The third-order valence-electron chi connectivity index (χ3n) is 2.75. The number of hydrogen-bond donors (Lipinski definition) is 1. The highest BCUT2D eigenvalue weighted by atomic mass is 16.4. The summed E-state index contributed by atoms with van der Waals surface area (Å²) >= 11 is 0. The summed E-state index contributed by atoms with van der Waals surface area (Å²) in [5.74, 6) is -0.635. The van der Waals surface area contributed by atoms with Crippen LogP contribution in [0.15, 0.2) is 53.2 Å². The number of hydrogen-bond acceptors (Lipinski definition) is 3. The van der Waals surface area contributed by atoms with Gasteiger partial charge in [0.05, 0.1) is 0 Å². The van der Waals surface area contributed by atoms with Crippen molar-refractivity contribution in [2.75, 3.05) is 0 Å². The first kappa shape index (κ1) is 10.5. The van der Waals surface area contributed by atoms with Gasteiger partial charge in [0.2, 0.25) is 5.76 Å². The maximum atomic E-state index is 10.8. The van der Waals surface area contributed by atoms with Crippen molar-refractivity contribution in [3.05, 3.63) is 54.6 Å². The van der Waals surface area contributed by atoms with Crippen LogP contribution in [0.2, 0.25) is 0 Å². The highest BCUT2D eigenvalue weighted by molar-refractivity contribution is 5.95. The Hall–Kier alpha value is -2.62. The average Bonchev–Trinajstić information content (AvgIpc) is 2.87. The van der Waals surface area contributed by atoms with Gasteiger partial charge in [-0.15, -0.1) is 0 Å². The molecule has 0 radical (unpaired) electrons. The minimum atomic E-state index is -1.07. The molecule has 0 aliphatic rings. The number of carboxylic acid groups (broad SMARTS) is 1. The minimum Gasteiger partial charge on any atom is -0.475 e. The molecule has 4 nitrogen and oxygen atoms in total. The van der Waals surface area contributed by atoms with E-state index in [1.807, 2.05) is 24.3 Å². The lowest BCUT2D eigenvalue weighted by Gasteiger charge is -2.02. The van der Waals surface area contributed by atoms with Crippen molar-refractivity contribution in [2.45, 2.75) is 0 Å². The van der Waals surface area contributed by atoms with E-state index in [0.717, 1.165) is 16.3 Å². The fourth-order valence-corrected chi connectivity index (χ4v) is 1.91. The SMILES string of the molecule is O=C(O)c1ccc(-c2cncc3ccccc23)o1. The molecule has 0 spiro atoms. The molecule has 2 aromatic heterocycles. The molecule has 0 aliphatic carbocycles. The largest absolute Gasteiger partial charge is 0.475 e. The lowest BCUT2D eigenvalue weighted by atomic mass is 10.1. The minimum absolute atomic E-state index is 0.0714. The Morgan fingerprint density at radius 1 is 1.11 bits per heavy atom. The second kappa shape index (κ2) is 4.00. The Labute approximate surface area is 103 Å². The molecule has 1 aromatic carbocycles. The van der Waals surface area contributed by atoms with Crippen LogP contribution in [0.3, 0.4) is 0 Å². The van der Waals surface area contributed by atoms with E-state index in [0.29, 0.717) is 5.76 Å². The first-order chi connectivity index (χ1) is 8.75. The van der Waals surface area contributed by atoms with E-state index >= 15 is 0 Å². The Morgan fingerprint density at radius 2 is 1.94 bits per heavy atom. The number of carbonyl (C=O) groups is 1. The number of aromatic carboxylic acids is 1. The first-order valence-corrected chi connectivity index (χ1v) is 5.42. The molecular weight excluding hydrogens is 230 g/mol. The van der Waals surface area contributed by atoms with Gasteiger partial charge in [0.25, 0.3) is 0 Å². The van der Waals surface area contributed by atoms with Gasteiger partial charge in [-0.1, -0.05) is 24.3 Å². The molecule has 0 unspecified atom stereocenters. The van der Waals surface area contributed by atoms with E-state index in [1.54, 1.807) is 18.5 Å². The van der Waals surface area contributed by atoms with Crippen LogP contribution in [0.5, 0.6) is 0 Å².